The Labute approximate surface area is 148 Å². The molecular weight excluding hydrogens is 316 g/mol. The van der Waals surface area contributed by atoms with Crippen molar-refractivity contribution in [2.24, 2.45) is 5.10 Å². The van der Waals surface area contributed by atoms with Crippen LogP contribution in [0.3, 0.4) is 0 Å². The highest BCUT2D eigenvalue weighted by Gasteiger charge is 2.00. The minimum absolute atomic E-state index is 0.144. The number of carbonyl (C=O) groups is 1. The van der Waals surface area contributed by atoms with Gasteiger partial charge in [-0.2, -0.15) is 5.10 Å². The molecule has 2 N–H and O–H groups in total. The van der Waals surface area contributed by atoms with Crippen LogP contribution in [0.2, 0.25) is 0 Å². The van der Waals surface area contributed by atoms with Crippen molar-refractivity contribution in [3.8, 4) is 5.75 Å². The lowest BCUT2D eigenvalue weighted by molar-refractivity contribution is -0.119. The first-order valence-electron chi connectivity index (χ1n) is 8.14. The second kappa shape index (κ2) is 9.32. The Kier molecular flexibility index (Phi) is 6.83. The van der Waals surface area contributed by atoms with E-state index in [1.54, 1.807) is 6.21 Å². The van der Waals surface area contributed by atoms with E-state index in [2.05, 4.69) is 15.8 Å². The molecule has 0 heterocycles. The molecule has 0 bridgehead atoms. The average Bonchev–Trinajstić information content (AvgIpc) is 2.62. The van der Waals surface area contributed by atoms with Crippen LogP contribution >= 0.6 is 0 Å². The van der Waals surface area contributed by atoms with Gasteiger partial charge < -0.3 is 15.0 Å². The van der Waals surface area contributed by atoms with Gasteiger partial charge in [0, 0.05) is 25.5 Å². The highest BCUT2D eigenvalue weighted by atomic mass is 16.5. The van der Waals surface area contributed by atoms with Gasteiger partial charge in [0.1, 0.15) is 5.75 Å². The van der Waals surface area contributed by atoms with Crippen LogP contribution in [0.4, 0.5) is 11.4 Å². The molecule has 0 atom stereocenters. The third-order valence-electron chi connectivity index (χ3n) is 3.43. The number of amides is 1. The lowest BCUT2D eigenvalue weighted by atomic mass is 10.2. The van der Waals surface area contributed by atoms with Gasteiger partial charge in [-0.05, 0) is 48.9 Å². The van der Waals surface area contributed by atoms with E-state index in [-0.39, 0.29) is 12.5 Å². The molecule has 0 aliphatic heterocycles. The normalized spacial score (nSPS) is 10.5. The van der Waals surface area contributed by atoms with Gasteiger partial charge in [-0.25, -0.2) is 5.43 Å². The van der Waals surface area contributed by atoms with Gasteiger partial charge in [-0.15, -0.1) is 0 Å². The number of nitrogens with one attached hydrogen (secondary N) is 2. The van der Waals surface area contributed by atoms with Crippen molar-refractivity contribution in [2.45, 2.75) is 6.92 Å². The van der Waals surface area contributed by atoms with E-state index in [4.69, 9.17) is 4.74 Å². The Morgan fingerprint density at radius 1 is 1.12 bits per heavy atom. The molecule has 2 rings (SSSR count). The van der Waals surface area contributed by atoms with E-state index in [0.717, 1.165) is 22.7 Å². The second-order valence-electron chi connectivity index (χ2n) is 5.59. The SMILES string of the molecule is CCOc1ccc(NCC(=O)N/N=C/c2ccc(N(C)C)cc2)cc1. The van der Waals surface area contributed by atoms with Crippen molar-refractivity contribution in [3.05, 3.63) is 54.1 Å². The van der Waals surface area contributed by atoms with E-state index >= 15 is 0 Å². The smallest absolute Gasteiger partial charge is 0.259 e. The summed E-state index contributed by atoms with van der Waals surface area (Å²) in [4.78, 5) is 13.8. The number of rotatable bonds is 8. The molecule has 0 aliphatic carbocycles. The Balaban J connectivity index is 1.76. The van der Waals surface area contributed by atoms with E-state index < -0.39 is 0 Å². The molecule has 0 aromatic heterocycles. The minimum atomic E-state index is -0.213. The second-order valence-corrected chi connectivity index (χ2v) is 5.59. The summed E-state index contributed by atoms with van der Waals surface area (Å²) in [6.07, 6.45) is 1.62. The number of anilines is 2. The van der Waals surface area contributed by atoms with Gasteiger partial charge in [0.15, 0.2) is 0 Å². The number of carbonyl (C=O) groups excluding carboxylic acids is 1. The molecule has 0 fully saturated rings. The van der Waals surface area contributed by atoms with Crippen molar-refractivity contribution in [1.29, 1.82) is 0 Å². The predicted molar refractivity (Wildman–Crippen MR) is 103 cm³/mol. The minimum Gasteiger partial charge on any atom is -0.494 e. The maximum Gasteiger partial charge on any atom is 0.259 e. The summed E-state index contributed by atoms with van der Waals surface area (Å²) < 4.78 is 5.37. The van der Waals surface area contributed by atoms with E-state index in [1.165, 1.54) is 0 Å². The Morgan fingerprint density at radius 3 is 2.40 bits per heavy atom. The molecule has 25 heavy (non-hydrogen) atoms. The molecule has 6 heteroatoms. The molecule has 132 valence electrons. The fraction of sp³-hybridized carbons (Fsp3) is 0.263. The number of hydrazone groups is 1. The topological polar surface area (TPSA) is 66.0 Å². The lowest BCUT2D eigenvalue weighted by Gasteiger charge is -2.11. The van der Waals surface area contributed by atoms with Gasteiger partial charge in [0.05, 0.1) is 19.4 Å². The summed E-state index contributed by atoms with van der Waals surface area (Å²) >= 11 is 0. The highest BCUT2D eigenvalue weighted by molar-refractivity contribution is 5.84. The third-order valence-corrected chi connectivity index (χ3v) is 3.43. The zero-order chi connectivity index (χ0) is 18.1. The molecule has 0 saturated heterocycles. The van der Waals surface area contributed by atoms with Crippen molar-refractivity contribution >= 4 is 23.5 Å². The van der Waals surface area contributed by atoms with Gasteiger partial charge in [-0.3, -0.25) is 4.79 Å². The number of hydrogen-bond donors (Lipinski definition) is 2. The maximum absolute atomic E-state index is 11.8. The number of hydrogen-bond acceptors (Lipinski definition) is 5. The molecule has 0 spiro atoms. The first-order chi connectivity index (χ1) is 12.1. The van der Waals surface area contributed by atoms with Crippen molar-refractivity contribution in [3.63, 3.8) is 0 Å². The van der Waals surface area contributed by atoms with Crippen LogP contribution in [-0.2, 0) is 4.79 Å². The van der Waals surface area contributed by atoms with Crippen molar-refractivity contribution in [1.82, 2.24) is 5.43 Å². The summed E-state index contributed by atoms with van der Waals surface area (Å²) in [6.45, 7) is 2.71. The Morgan fingerprint density at radius 2 is 1.80 bits per heavy atom. The van der Waals surface area contributed by atoms with Gasteiger partial charge in [-0.1, -0.05) is 12.1 Å². The van der Waals surface area contributed by atoms with Crippen LogP contribution in [-0.4, -0.2) is 39.4 Å². The Hall–Kier alpha value is -3.02. The van der Waals surface area contributed by atoms with Crippen molar-refractivity contribution < 1.29 is 9.53 Å². The number of ether oxygens (including phenoxy) is 1. The van der Waals surface area contributed by atoms with Crippen molar-refractivity contribution in [2.75, 3.05) is 37.5 Å². The average molecular weight is 340 g/mol. The van der Waals surface area contributed by atoms with Gasteiger partial charge in [0.25, 0.3) is 5.91 Å². The quantitative estimate of drug-likeness (QED) is 0.573. The molecule has 2 aromatic carbocycles. The van der Waals surface area contributed by atoms with Gasteiger partial charge in [0.2, 0.25) is 0 Å². The zero-order valence-corrected chi connectivity index (χ0v) is 14.8. The van der Waals surface area contributed by atoms with E-state index in [0.29, 0.717) is 6.61 Å². The highest BCUT2D eigenvalue weighted by Crippen LogP contribution is 2.15. The summed E-state index contributed by atoms with van der Waals surface area (Å²) in [7, 11) is 3.97. The molecule has 1 amide bonds. The molecule has 2 aromatic rings. The Bertz CT molecular complexity index is 694. The van der Waals surface area contributed by atoms with Crippen LogP contribution in [0, 0.1) is 0 Å². The summed E-state index contributed by atoms with van der Waals surface area (Å²) in [5.41, 5.74) is 5.39. The maximum atomic E-state index is 11.8. The molecule has 0 unspecified atom stereocenters. The van der Waals surface area contributed by atoms with Crippen LogP contribution in [0.25, 0.3) is 0 Å². The molecule has 6 nitrogen and oxygen atoms in total. The fourth-order valence-corrected chi connectivity index (χ4v) is 2.09. The monoisotopic (exact) mass is 340 g/mol. The summed E-state index contributed by atoms with van der Waals surface area (Å²) in [5.74, 6) is 0.595. The van der Waals surface area contributed by atoms with E-state index in [1.807, 2.05) is 74.4 Å². The summed E-state index contributed by atoms with van der Waals surface area (Å²) in [5, 5.41) is 7.00. The van der Waals surface area contributed by atoms with Crippen LogP contribution in [0.5, 0.6) is 5.75 Å². The van der Waals surface area contributed by atoms with E-state index in [9.17, 15) is 4.79 Å². The third kappa shape index (κ3) is 6.18. The molecule has 0 radical (unpaired) electrons. The molecule has 0 saturated carbocycles. The standard InChI is InChI=1S/C19H24N4O2/c1-4-25-18-11-7-16(8-12-18)20-14-19(24)22-21-13-15-5-9-17(10-6-15)23(2)3/h5-13,20H,4,14H2,1-3H3,(H,22,24)/b21-13+. The largest absolute Gasteiger partial charge is 0.494 e. The van der Waals surface area contributed by atoms with Crippen LogP contribution < -0.4 is 20.4 Å². The first kappa shape index (κ1) is 18.3. The number of nitrogens with zero attached hydrogens (tertiary/aromatic N) is 2. The first-order valence-corrected chi connectivity index (χ1v) is 8.14. The molecule has 0 aliphatic rings. The predicted octanol–water partition coefficient (Wildman–Crippen LogP) is 2.71. The fourth-order valence-electron chi connectivity index (χ4n) is 2.09. The van der Waals surface area contributed by atoms with Crippen LogP contribution in [0.15, 0.2) is 53.6 Å². The lowest BCUT2D eigenvalue weighted by Crippen LogP contribution is -2.25. The van der Waals surface area contributed by atoms with Crippen LogP contribution in [0.1, 0.15) is 12.5 Å². The van der Waals surface area contributed by atoms with Gasteiger partial charge >= 0.3 is 0 Å². The molecular formula is C19H24N4O2. The summed E-state index contributed by atoms with van der Waals surface area (Å²) in [6, 6.07) is 15.3. The zero-order valence-electron chi connectivity index (χ0n) is 14.8. The number of benzene rings is 2.